The van der Waals surface area contributed by atoms with Crippen LogP contribution in [0.15, 0.2) is 0 Å². The van der Waals surface area contributed by atoms with E-state index in [1.807, 2.05) is 0 Å². The molecule has 0 N–H and O–H groups in total. The molecule has 0 aromatic heterocycles. The maximum absolute atomic E-state index is 10.8. The van der Waals surface area contributed by atoms with Crippen LogP contribution in [0.4, 0.5) is 0 Å². The Morgan fingerprint density at radius 3 is 2.29 bits per heavy atom. The highest BCUT2D eigenvalue weighted by molar-refractivity contribution is 4.91. The summed E-state index contributed by atoms with van der Waals surface area (Å²) in [6.45, 7) is 2.07. The molecule has 1 saturated carbocycles. The van der Waals surface area contributed by atoms with Crippen molar-refractivity contribution in [1.29, 1.82) is 0 Å². The number of hydrogen-bond donors (Lipinski definition) is 0. The summed E-state index contributed by atoms with van der Waals surface area (Å²) in [4.78, 5) is 0. The van der Waals surface area contributed by atoms with Gasteiger partial charge in [-0.25, -0.2) is 5.11 Å². The lowest BCUT2D eigenvalue weighted by molar-refractivity contribution is 0.0564. The molecule has 0 saturated heterocycles. The Morgan fingerprint density at radius 1 is 1.57 bits per heavy atom. The average Bonchev–Trinajstić information content (AvgIpc) is 2.22. The minimum Gasteiger partial charge on any atom is -0.229 e. The fourth-order valence-electron chi connectivity index (χ4n) is 0.845. The van der Waals surface area contributed by atoms with Crippen LogP contribution in [0.1, 0.15) is 32.6 Å². The summed E-state index contributed by atoms with van der Waals surface area (Å²) in [5, 5.41) is 10.8. The summed E-state index contributed by atoms with van der Waals surface area (Å²) in [7, 11) is 0. The Hall–Kier alpha value is -0.0400. The molecule has 1 nitrogen and oxygen atoms in total. The molecule has 0 bridgehead atoms. The molecule has 1 aliphatic carbocycles. The van der Waals surface area contributed by atoms with Gasteiger partial charge in [0.15, 0.2) is 0 Å². The topological polar surface area (TPSA) is 19.9 Å². The largest absolute Gasteiger partial charge is 0.229 e. The van der Waals surface area contributed by atoms with Gasteiger partial charge in [0.1, 0.15) is 5.60 Å². The van der Waals surface area contributed by atoms with Crippen molar-refractivity contribution in [2.45, 2.75) is 38.2 Å². The summed E-state index contributed by atoms with van der Waals surface area (Å²) in [6.07, 6.45) is 3.82. The highest BCUT2D eigenvalue weighted by atomic mass is 16.3. The normalized spacial score (nSPS) is 24.9. The Bertz CT molecular complexity index is 64.6. The van der Waals surface area contributed by atoms with Crippen LogP contribution in [0.25, 0.3) is 0 Å². The highest BCUT2D eigenvalue weighted by Crippen LogP contribution is 2.39. The number of rotatable bonds is 2. The Labute approximate surface area is 44.4 Å². The molecular weight excluding hydrogens is 88.1 g/mol. The Morgan fingerprint density at radius 2 is 2.14 bits per heavy atom. The van der Waals surface area contributed by atoms with Crippen LogP contribution < -0.4 is 0 Å². The first-order valence-corrected chi connectivity index (χ1v) is 2.97. The molecule has 0 amide bonds. The van der Waals surface area contributed by atoms with E-state index in [0.29, 0.717) is 0 Å². The summed E-state index contributed by atoms with van der Waals surface area (Å²) >= 11 is 0. The van der Waals surface area contributed by atoms with E-state index in [2.05, 4.69) is 6.92 Å². The second-order valence-electron chi connectivity index (χ2n) is 2.43. The van der Waals surface area contributed by atoms with Crippen LogP contribution in [-0.2, 0) is 5.11 Å². The van der Waals surface area contributed by atoms with Crippen molar-refractivity contribution in [3.05, 3.63) is 0 Å². The molecule has 0 spiro atoms. The smallest absolute Gasteiger partial charge is 0.104 e. The molecule has 1 radical (unpaired) electrons. The maximum Gasteiger partial charge on any atom is 0.104 e. The van der Waals surface area contributed by atoms with Gasteiger partial charge in [-0.1, -0.05) is 13.3 Å². The van der Waals surface area contributed by atoms with Gasteiger partial charge in [0.25, 0.3) is 0 Å². The first kappa shape index (κ1) is 5.10. The molecule has 0 aromatic rings. The van der Waals surface area contributed by atoms with E-state index in [4.69, 9.17) is 0 Å². The van der Waals surface area contributed by atoms with Crippen molar-refractivity contribution >= 4 is 0 Å². The molecular formula is C6H11O. The van der Waals surface area contributed by atoms with Crippen LogP contribution in [0.5, 0.6) is 0 Å². The predicted octanol–water partition coefficient (Wildman–Crippen LogP) is 1.75. The molecule has 1 rings (SSSR count). The highest BCUT2D eigenvalue weighted by Gasteiger charge is 2.41. The zero-order valence-corrected chi connectivity index (χ0v) is 4.74. The van der Waals surface area contributed by atoms with E-state index >= 15 is 0 Å². The third-order valence-corrected chi connectivity index (χ3v) is 1.51. The molecule has 0 unspecified atom stereocenters. The minimum absolute atomic E-state index is 0.450. The van der Waals surface area contributed by atoms with Gasteiger partial charge in [-0.3, -0.25) is 0 Å². The lowest BCUT2D eigenvalue weighted by Crippen LogP contribution is -2.01. The van der Waals surface area contributed by atoms with E-state index in [-0.39, 0.29) is 0 Å². The van der Waals surface area contributed by atoms with Crippen LogP contribution in [-0.4, -0.2) is 5.60 Å². The molecule has 0 heterocycles. The summed E-state index contributed by atoms with van der Waals surface area (Å²) in [6, 6.07) is 0. The van der Waals surface area contributed by atoms with Crippen molar-refractivity contribution < 1.29 is 5.11 Å². The molecule has 41 valence electrons. The summed E-state index contributed by atoms with van der Waals surface area (Å²) in [5.74, 6) is 0. The van der Waals surface area contributed by atoms with E-state index in [9.17, 15) is 5.11 Å². The molecule has 0 aromatic carbocycles. The van der Waals surface area contributed by atoms with Gasteiger partial charge in [-0.2, -0.15) is 0 Å². The van der Waals surface area contributed by atoms with Crippen molar-refractivity contribution in [3.8, 4) is 0 Å². The fourth-order valence-corrected chi connectivity index (χ4v) is 0.845. The summed E-state index contributed by atoms with van der Waals surface area (Å²) in [5.41, 5.74) is -0.450. The Kier molecular flexibility index (Phi) is 1.08. The van der Waals surface area contributed by atoms with E-state index in [1.54, 1.807) is 0 Å². The molecule has 7 heavy (non-hydrogen) atoms. The quantitative estimate of drug-likeness (QED) is 0.502. The SMILES string of the molecule is CCCC1([O])CC1. The van der Waals surface area contributed by atoms with Gasteiger partial charge in [-0.15, -0.1) is 0 Å². The number of hydrogen-bond acceptors (Lipinski definition) is 0. The van der Waals surface area contributed by atoms with E-state index < -0.39 is 5.60 Å². The minimum atomic E-state index is -0.450. The average molecular weight is 99.2 g/mol. The molecule has 1 fully saturated rings. The van der Waals surface area contributed by atoms with Gasteiger partial charge in [0.05, 0.1) is 0 Å². The van der Waals surface area contributed by atoms with Crippen LogP contribution in [0.3, 0.4) is 0 Å². The Balaban J connectivity index is 2.13. The summed E-state index contributed by atoms with van der Waals surface area (Å²) < 4.78 is 0. The van der Waals surface area contributed by atoms with Crippen LogP contribution >= 0.6 is 0 Å². The van der Waals surface area contributed by atoms with E-state index in [1.165, 1.54) is 0 Å². The molecule has 0 atom stereocenters. The van der Waals surface area contributed by atoms with Crippen molar-refractivity contribution in [1.82, 2.24) is 0 Å². The standard InChI is InChI=1S/C6H11O/c1-2-3-6(7)4-5-6/h2-5H2,1H3. The third kappa shape index (κ3) is 1.16. The lowest BCUT2D eigenvalue weighted by Gasteiger charge is -1.97. The fraction of sp³-hybridized carbons (Fsp3) is 1.00. The van der Waals surface area contributed by atoms with Gasteiger partial charge in [0, 0.05) is 0 Å². The lowest BCUT2D eigenvalue weighted by atomic mass is 10.2. The first-order chi connectivity index (χ1) is 3.27. The second kappa shape index (κ2) is 1.48. The van der Waals surface area contributed by atoms with E-state index in [0.717, 1.165) is 25.7 Å². The van der Waals surface area contributed by atoms with Gasteiger partial charge in [-0.05, 0) is 19.3 Å². The van der Waals surface area contributed by atoms with Gasteiger partial charge in [0.2, 0.25) is 0 Å². The molecule has 1 heteroatoms. The van der Waals surface area contributed by atoms with Gasteiger partial charge < -0.3 is 0 Å². The van der Waals surface area contributed by atoms with Crippen LogP contribution in [0.2, 0.25) is 0 Å². The maximum atomic E-state index is 10.8. The van der Waals surface area contributed by atoms with Crippen molar-refractivity contribution in [2.24, 2.45) is 0 Å². The molecule has 1 aliphatic rings. The van der Waals surface area contributed by atoms with Crippen molar-refractivity contribution in [3.63, 3.8) is 0 Å². The zero-order chi connectivity index (χ0) is 5.33. The monoisotopic (exact) mass is 99.1 g/mol. The second-order valence-corrected chi connectivity index (χ2v) is 2.43. The third-order valence-electron chi connectivity index (χ3n) is 1.51. The molecule has 0 aliphatic heterocycles. The first-order valence-electron chi connectivity index (χ1n) is 2.97. The van der Waals surface area contributed by atoms with Gasteiger partial charge >= 0.3 is 0 Å². The zero-order valence-electron chi connectivity index (χ0n) is 4.74. The van der Waals surface area contributed by atoms with Crippen LogP contribution in [0, 0.1) is 0 Å². The van der Waals surface area contributed by atoms with Crippen molar-refractivity contribution in [2.75, 3.05) is 0 Å². The predicted molar refractivity (Wildman–Crippen MR) is 27.6 cm³/mol.